The first-order valence-corrected chi connectivity index (χ1v) is 11.8. The van der Waals surface area contributed by atoms with Crippen molar-refractivity contribution in [3.8, 4) is 40.1 Å². The zero-order chi connectivity index (χ0) is 28.2. The van der Waals surface area contributed by atoms with E-state index in [1.807, 2.05) is 0 Å². The van der Waals surface area contributed by atoms with Crippen LogP contribution < -0.4 is 10.5 Å². The summed E-state index contributed by atoms with van der Waals surface area (Å²) < 4.78 is 46.9. The number of nitrogens with two attached hydrogens (primary N) is 1. The Bertz CT molecular complexity index is 1580. The van der Waals surface area contributed by atoms with E-state index in [0.717, 1.165) is 6.29 Å². The highest BCUT2D eigenvalue weighted by atomic mass is 19.3. The smallest absolute Gasteiger partial charge is 0.280 e. The lowest BCUT2D eigenvalue weighted by molar-refractivity contribution is -0.112. The minimum atomic E-state index is -2.81. The molecule has 198 valence electrons. The number of aromatic nitrogens is 4. The van der Waals surface area contributed by atoms with E-state index in [4.69, 9.17) is 10.5 Å². The molecule has 39 heavy (non-hydrogen) atoms. The standard InChI is InChI=1S/C29H24F3N5O2/c1-17-13-19(14-23(34-17)26(31)32)24-25(18-7-9-20(30)10-8-18)36-28(33)37-27(24)39-15-22-6-4-5-21(35-22)11-12-29(2,3)16-38/h4-10,13-14,16,26H,15H2,1-3H3,(H2,33,36,37). The van der Waals surface area contributed by atoms with Gasteiger partial charge in [-0.2, -0.15) is 4.98 Å². The molecule has 1 aromatic carbocycles. The number of carbonyl (C=O) groups is 1. The van der Waals surface area contributed by atoms with Crippen LogP contribution in [-0.2, 0) is 11.4 Å². The van der Waals surface area contributed by atoms with Crippen LogP contribution in [0.5, 0.6) is 5.88 Å². The molecule has 0 radical (unpaired) electrons. The maximum Gasteiger partial charge on any atom is 0.280 e. The summed E-state index contributed by atoms with van der Waals surface area (Å²) in [4.78, 5) is 28.1. The number of pyridine rings is 2. The van der Waals surface area contributed by atoms with Gasteiger partial charge < -0.3 is 15.3 Å². The molecule has 0 saturated heterocycles. The minimum absolute atomic E-state index is 0.0213. The van der Waals surface area contributed by atoms with Crippen molar-refractivity contribution in [2.24, 2.45) is 5.41 Å². The summed E-state index contributed by atoms with van der Waals surface area (Å²) in [5.74, 6) is 5.18. The SMILES string of the molecule is Cc1cc(-c2c(OCc3cccc(C#CC(C)(C)C=O)n3)nc(N)nc2-c2ccc(F)cc2)cc(C(F)F)n1. The Hall–Kier alpha value is -4.78. The van der Waals surface area contributed by atoms with Gasteiger partial charge in [0.25, 0.3) is 6.43 Å². The zero-order valence-electron chi connectivity index (χ0n) is 21.4. The number of aryl methyl sites for hydroxylation is 1. The average Bonchev–Trinajstić information content (AvgIpc) is 2.91. The van der Waals surface area contributed by atoms with Crippen molar-refractivity contribution < 1.29 is 22.7 Å². The number of nitrogens with zero attached hydrogens (tertiary/aromatic N) is 4. The summed E-state index contributed by atoms with van der Waals surface area (Å²) in [5.41, 5.74) is 7.39. The fourth-order valence-corrected chi connectivity index (χ4v) is 3.61. The van der Waals surface area contributed by atoms with E-state index in [1.165, 1.54) is 30.3 Å². The second kappa shape index (κ2) is 11.3. The van der Waals surface area contributed by atoms with Gasteiger partial charge in [-0.3, -0.25) is 4.98 Å². The molecule has 0 saturated carbocycles. The highest BCUT2D eigenvalue weighted by Gasteiger charge is 2.22. The number of rotatable bonds is 7. The van der Waals surface area contributed by atoms with Gasteiger partial charge in [0.1, 0.15) is 30.1 Å². The highest BCUT2D eigenvalue weighted by molar-refractivity contribution is 5.85. The number of alkyl halides is 2. The molecule has 3 heterocycles. The molecule has 7 nitrogen and oxygen atoms in total. The predicted molar refractivity (Wildman–Crippen MR) is 140 cm³/mol. The zero-order valence-corrected chi connectivity index (χ0v) is 21.4. The largest absolute Gasteiger partial charge is 0.471 e. The summed E-state index contributed by atoms with van der Waals surface area (Å²) in [6.07, 6.45) is -2.05. The first kappa shape index (κ1) is 27.3. The average molecular weight is 532 g/mol. The molecule has 0 atom stereocenters. The first-order chi connectivity index (χ1) is 18.5. The van der Waals surface area contributed by atoms with Crippen molar-refractivity contribution in [1.29, 1.82) is 0 Å². The first-order valence-electron chi connectivity index (χ1n) is 11.8. The Labute approximate surface area is 223 Å². The molecular weight excluding hydrogens is 507 g/mol. The molecule has 4 rings (SSSR count). The number of aldehydes is 1. The Morgan fingerprint density at radius 3 is 2.46 bits per heavy atom. The van der Waals surface area contributed by atoms with E-state index in [-0.39, 0.29) is 29.7 Å². The number of halogens is 3. The summed E-state index contributed by atoms with van der Waals surface area (Å²) in [6, 6.07) is 13.5. The quantitative estimate of drug-likeness (QED) is 0.240. The molecule has 0 aliphatic rings. The molecule has 0 fully saturated rings. The molecule has 3 aromatic heterocycles. The second-order valence-electron chi connectivity index (χ2n) is 9.23. The van der Waals surface area contributed by atoms with E-state index in [9.17, 15) is 18.0 Å². The van der Waals surface area contributed by atoms with Crippen LogP contribution in [0.2, 0.25) is 0 Å². The van der Waals surface area contributed by atoms with Crippen molar-refractivity contribution in [3.05, 3.63) is 83.2 Å². The number of hydrogen-bond donors (Lipinski definition) is 1. The van der Waals surface area contributed by atoms with Crippen LogP contribution >= 0.6 is 0 Å². The van der Waals surface area contributed by atoms with Gasteiger partial charge in [-0.1, -0.05) is 12.0 Å². The number of carbonyl (C=O) groups excluding carboxylic acids is 1. The van der Waals surface area contributed by atoms with Crippen LogP contribution in [0.25, 0.3) is 22.4 Å². The molecule has 0 amide bonds. The van der Waals surface area contributed by atoms with Gasteiger partial charge in [-0.25, -0.2) is 23.1 Å². The number of benzene rings is 1. The second-order valence-corrected chi connectivity index (χ2v) is 9.23. The fourth-order valence-electron chi connectivity index (χ4n) is 3.61. The summed E-state index contributed by atoms with van der Waals surface area (Å²) in [6.45, 7) is 4.92. The molecule has 2 N–H and O–H groups in total. The molecule has 0 aliphatic carbocycles. The van der Waals surface area contributed by atoms with Crippen LogP contribution in [0.1, 0.15) is 43.0 Å². The van der Waals surface area contributed by atoms with Crippen LogP contribution in [-0.4, -0.2) is 26.2 Å². The van der Waals surface area contributed by atoms with Gasteiger partial charge in [-0.05, 0) is 80.8 Å². The van der Waals surface area contributed by atoms with Gasteiger partial charge in [0.05, 0.1) is 22.4 Å². The minimum Gasteiger partial charge on any atom is -0.471 e. The topological polar surface area (TPSA) is 104 Å². The number of ether oxygens (including phenoxy) is 1. The maximum atomic E-state index is 13.7. The Morgan fingerprint density at radius 2 is 1.77 bits per heavy atom. The molecular formula is C29H24F3N5O2. The van der Waals surface area contributed by atoms with Gasteiger partial charge in [0.15, 0.2) is 0 Å². The van der Waals surface area contributed by atoms with Crippen LogP contribution in [0, 0.1) is 30.0 Å². The lowest BCUT2D eigenvalue weighted by atomic mass is 9.97. The summed E-state index contributed by atoms with van der Waals surface area (Å²) in [7, 11) is 0. The third-order valence-corrected chi connectivity index (χ3v) is 5.47. The Morgan fingerprint density at radius 1 is 1.03 bits per heavy atom. The van der Waals surface area contributed by atoms with Gasteiger partial charge in [0, 0.05) is 11.3 Å². The van der Waals surface area contributed by atoms with E-state index in [0.29, 0.717) is 28.2 Å². The van der Waals surface area contributed by atoms with E-state index >= 15 is 0 Å². The molecule has 0 unspecified atom stereocenters. The van der Waals surface area contributed by atoms with Crippen molar-refractivity contribution >= 4 is 12.2 Å². The molecule has 10 heteroatoms. The molecule has 0 aliphatic heterocycles. The lowest BCUT2D eigenvalue weighted by Gasteiger charge is -2.16. The van der Waals surface area contributed by atoms with E-state index in [2.05, 4.69) is 31.8 Å². The van der Waals surface area contributed by atoms with Gasteiger partial charge in [0.2, 0.25) is 11.8 Å². The number of hydrogen-bond acceptors (Lipinski definition) is 7. The van der Waals surface area contributed by atoms with Crippen molar-refractivity contribution in [2.75, 3.05) is 5.73 Å². The Kier molecular flexibility index (Phi) is 7.91. The summed E-state index contributed by atoms with van der Waals surface area (Å²) >= 11 is 0. The fraction of sp³-hybridized carbons (Fsp3) is 0.207. The van der Waals surface area contributed by atoms with Crippen molar-refractivity contribution in [1.82, 2.24) is 19.9 Å². The number of nitrogen functional groups attached to an aromatic ring is 1. The third kappa shape index (κ3) is 6.76. The molecule has 4 aromatic rings. The van der Waals surface area contributed by atoms with Crippen molar-refractivity contribution in [2.45, 2.75) is 33.8 Å². The van der Waals surface area contributed by atoms with E-state index < -0.39 is 23.4 Å². The van der Waals surface area contributed by atoms with Crippen LogP contribution in [0.15, 0.2) is 54.6 Å². The van der Waals surface area contributed by atoms with Gasteiger partial charge in [-0.15, -0.1) is 0 Å². The van der Waals surface area contributed by atoms with E-state index in [1.54, 1.807) is 45.0 Å². The van der Waals surface area contributed by atoms with Crippen LogP contribution in [0.4, 0.5) is 19.1 Å². The van der Waals surface area contributed by atoms with Crippen LogP contribution in [0.3, 0.4) is 0 Å². The monoisotopic (exact) mass is 531 g/mol. The molecule has 0 bridgehead atoms. The third-order valence-electron chi connectivity index (χ3n) is 5.47. The number of anilines is 1. The Balaban J connectivity index is 1.79. The maximum absolute atomic E-state index is 13.7. The normalized spacial score (nSPS) is 11.2. The summed E-state index contributed by atoms with van der Waals surface area (Å²) in [5, 5.41) is 0. The van der Waals surface area contributed by atoms with Gasteiger partial charge >= 0.3 is 0 Å². The highest BCUT2D eigenvalue weighted by Crippen LogP contribution is 2.39. The van der Waals surface area contributed by atoms with Crippen molar-refractivity contribution in [3.63, 3.8) is 0 Å². The predicted octanol–water partition coefficient (Wildman–Crippen LogP) is 5.72. The molecule has 0 spiro atoms. The lowest BCUT2D eigenvalue weighted by Crippen LogP contribution is -2.09.